The van der Waals surface area contributed by atoms with Gasteiger partial charge in [-0.15, -0.1) is 0 Å². The summed E-state index contributed by atoms with van der Waals surface area (Å²) in [5.41, 5.74) is 0.116. The maximum atomic E-state index is 12.8. The third-order valence-electron chi connectivity index (χ3n) is 3.27. The number of amides is 1. The molecule has 0 saturated carbocycles. The maximum absolute atomic E-state index is 12.8. The summed E-state index contributed by atoms with van der Waals surface area (Å²) < 4.78 is 43.1. The van der Waals surface area contributed by atoms with E-state index in [1.165, 1.54) is 25.1 Å². The number of carbonyl (C=O) groups excluding carboxylic acids is 1. The van der Waals surface area contributed by atoms with Crippen molar-refractivity contribution in [1.29, 1.82) is 5.26 Å². The van der Waals surface area contributed by atoms with E-state index >= 15 is 0 Å². The van der Waals surface area contributed by atoms with E-state index in [1.807, 2.05) is 0 Å². The Kier molecular flexibility index (Phi) is 4.22. The van der Waals surface area contributed by atoms with Gasteiger partial charge in [0, 0.05) is 5.69 Å². The first-order valence-electron chi connectivity index (χ1n) is 6.11. The molecule has 1 amide bonds. The fourth-order valence-corrected chi connectivity index (χ4v) is 2.45. The van der Waals surface area contributed by atoms with E-state index < -0.39 is 30.5 Å². The molecule has 2 rings (SSSR count). The van der Waals surface area contributed by atoms with E-state index in [1.54, 1.807) is 6.07 Å². The number of alkyl halides is 3. The summed E-state index contributed by atoms with van der Waals surface area (Å²) in [5, 5.41) is 18.3. The van der Waals surface area contributed by atoms with Gasteiger partial charge in [-0.25, -0.2) is 4.79 Å². The minimum atomic E-state index is -4.92. The minimum Gasteiger partial charge on any atom is -0.444 e. The van der Waals surface area contributed by atoms with Gasteiger partial charge in [-0.05, 0) is 25.1 Å². The van der Waals surface area contributed by atoms with Crippen LogP contribution in [-0.4, -0.2) is 35.6 Å². The molecule has 22 heavy (non-hydrogen) atoms. The number of ether oxygens (including phenoxy) is 1. The summed E-state index contributed by atoms with van der Waals surface area (Å²) >= 11 is 5.82. The van der Waals surface area contributed by atoms with Gasteiger partial charge in [-0.3, -0.25) is 4.90 Å². The first kappa shape index (κ1) is 16.4. The molecule has 1 N–H and O–H groups in total. The van der Waals surface area contributed by atoms with Crippen LogP contribution in [0.5, 0.6) is 0 Å². The van der Waals surface area contributed by atoms with Crippen LogP contribution < -0.4 is 4.90 Å². The number of nitrogens with zero attached hydrogens (tertiary/aromatic N) is 2. The molecular formula is C13H10ClF3N2O3. The first-order chi connectivity index (χ1) is 10.2. The van der Waals surface area contributed by atoms with Gasteiger partial charge in [0.05, 0.1) is 10.6 Å². The predicted molar refractivity (Wildman–Crippen MR) is 70.4 cm³/mol. The topological polar surface area (TPSA) is 73.6 Å². The number of aliphatic hydroxyl groups is 1. The number of hydrogen-bond acceptors (Lipinski definition) is 4. The Bertz CT molecular complexity index is 644. The molecule has 1 aromatic rings. The number of hydrogen-bond donors (Lipinski definition) is 1. The van der Waals surface area contributed by atoms with Crippen LogP contribution in [0.25, 0.3) is 0 Å². The molecule has 9 heteroatoms. The third-order valence-corrected chi connectivity index (χ3v) is 3.59. The lowest BCUT2D eigenvalue weighted by atomic mass is 10.0. The van der Waals surface area contributed by atoms with Crippen LogP contribution in [0.3, 0.4) is 0 Å². The van der Waals surface area contributed by atoms with E-state index in [9.17, 15) is 23.1 Å². The lowest BCUT2D eigenvalue weighted by molar-refractivity contribution is -0.212. The lowest BCUT2D eigenvalue weighted by Crippen LogP contribution is -2.51. The fraction of sp³-hybridized carbons (Fsp3) is 0.385. The number of anilines is 1. The molecule has 0 aliphatic carbocycles. The number of nitriles is 1. The van der Waals surface area contributed by atoms with Gasteiger partial charge < -0.3 is 9.84 Å². The average molecular weight is 335 g/mol. The largest absolute Gasteiger partial charge is 0.444 e. The van der Waals surface area contributed by atoms with Crippen molar-refractivity contribution >= 4 is 23.4 Å². The van der Waals surface area contributed by atoms with Crippen molar-refractivity contribution in [1.82, 2.24) is 0 Å². The predicted octanol–water partition coefficient (Wildman–Crippen LogP) is 2.85. The number of carbonyl (C=O) groups is 1. The molecule has 0 radical (unpaired) electrons. The second-order valence-electron chi connectivity index (χ2n) is 4.71. The average Bonchev–Trinajstić information content (AvgIpc) is 2.71. The van der Waals surface area contributed by atoms with Crippen LogP contribution in [0.15, 0.2) is 18.2 Å². The number of halogens is 4. The number of rotatable bonds is 2. The highest BCUT2D eigenvalue weighted by atomic mass is 35.5. The van der Waals surface area contributed by atoms with E-state index in [-0.39, 0.29) is 16.3 Å². The molecular weight excluding hydrogens is 325 g/mol. The molecule has 0 bridgehead atoms. The Morgan fingerprint density at radius 1 is 1.50 bits per heavy atom. The van der Waals surface area contributed by atoms with Crippen LogP contribution >= 0.6 is 11.6 Å². The van der Waals surface area contributed by atoms with Crippen LogP contribution in [-0.2, 0) is 4.74 Å². The zero-order valence-electron chi connectivity index (χ0n) is 11.1. The first-order valence-corrected chi connectivity index (χ1v) is 6.49. The molecule has 5 nitrogen and oxygen atoms in total. The van der Waals surface area contributed by atoms with E-state index in [4.69, 9.17) is 21.6 Å². The van der Waals surface area contributed by atoms with Crippen LogP contribution in [0.2, 0.25) is 5.02 Å². The zero-order chi connectivity index (χ0) is 16.7. The van der Waals surface area contributed by atoms with Crippen molar-refractivity contribution in [3.8, 4) is 6.07 Å². The van der Waals surface area contributed by atoms with E-state index in [2.05, 4.69) is 0 Å². The summed E-state index contributed by atoms with van der Waals surface area (Å²) in [6.07, 6.45) is -9.88. The normalized spacial score (nSPS) is 23.1. The molecule has 0 spiro atoms. The highest BCUT2D eigenvalue weighted by molar-refractivity contribution is 6.32. The molecule has 1 fully saturated rings. The van der Waals surface area contributed by atoms with Crippen molar-refractivity contribution < 1.29 is 27.8 Å². The van der Waals surface area contributed by atoms with Crippen LogP contribution in [0.1, 0.15) is 12.5 Å². The van der Waals surface area contributed by atoms with Crippen molar-refractivity contribution in [2.75, 3.05) is 4.90 Å². The van der Waals surface area contributed by atoms with Gasteiger partial charge in [0.15, 0.2) is 6.10 Å². The Balaban J connectivity index is 2.44. The molecule has 1 heterocycles. The van der Waals surface area contributed by atoms with E-state index in [0.717, 1.165) is 0 Å². The Labute approximate surface area is 128 Å². The molecule has 0 aromatic heterocycles. The standard InChI is InChI=1S/C13H10ClF3N2O3/c1-6-10(11(20)13(15,16)17)19(12(21)22-6)8-3-2-7(5-18)9(14)4-8/h2-4,6,10-11,20H,1H3/t6?,10?,11-/m1/s1. The van der Waals surface area contributed by atoms with Crippen LogP contribution in [0, 0.1) is 11.3 Å². The maximum Gasteiger partial charge on any atom is 0.416 e. The van der Waals surface area contributed by atoms with Crippen molar-refractivity contribution in [2.45, 2.75) is 31.3 Å². The third kappa shape index (κ3) is 2.82. The van der Waals surface area contributed by atoms with Gasteiger partial charge in [0.25, 0.3) is 0 Å². The Hall–Kier alpha value is -1.98. The summed E-state index contributed by atoms with van der Waals surface area (Å²) in [6, 6.07) is 3.86. The summed E-state index contributed by atoms with van der Waals surface area (Å²) in [5.74, 6) is 0. The second kappa shape index (κ2) is 5.66. The molecule has 118 valence electrons. The molecule has 1 aliphatic heterocycles. The summed E-state index contributed by atoms with van der Waals surface area (Å²) in [7, 11) is 0. The number of benzene rings is 1. The highest BCUT2D eigenvalue weighted by Gasteiger charge is 2.54. The van der Waals surface area contributed by atoms with Crippen molar-refractivity contribution in [3.63, 3.8) is 0 Å². The quantitative estimate of drug-likeness (QED) is 0.902. The van der Waals surface area contributed by atoms with Gasteiger partial charge in [-0.1, -0.05) is 11.6 Å². The molecule has 2 unspecified atom stereocenters. The Morgan fingerprint density at radius 3 is 2.64 bits per heavy atom. The minimum absolute atomic E-state index is 0.00616. The number of cyclic esters (lactones) is 1. The zero-order valence-corrected chi connectivity index (χ0v) is 11.9. The SMILES string of the molecule is CC1OC(=O)N(c2ccc(C#N)c(Cl)c2)C1[C@@H](O)C(F)(F)F. The lowest BCUT2D eigenvalue weighted by Gasteiger charge is -2.29. The molecule has 1 saturated heterocycles. The van der Waals surface area contributed by atoms with Gasteiger partial charge >= 0.3 is 12.3 Å². The van der Waals surface area contributed by atoms with Crippen LogP contribution in [0.4, 0.5) is 23.7 Å². The second-order valence-corrected chi connectivity index (χ2v) is 5.12. The Morgan fingerprint density at radius 2 is 2.14 bits per heavy atom. The van der Waals surface area contributed by atoms with Gasteiger partial charge in [0.2, 0.25) is 0 Å². The fourth-order valence-electron chi connectivity index (χ4n) is 2.23. The summed E-state index contributed by atoms with van der Waals surface area (Å²) in [6.45, 7) is 1.25. The van der Waals surface area contributed by atoms with Crippen molar-refractivity contribution in [3.05, 3.63) is 28.8 Å². The summed E-state index contributed by atoms with van der Waals surface area (Å²) in [4.78, 5) is 12.5. The van der Waals surface area contributed by atoms with Gasteiger partial charge in [0.1, 0.15) is 18.2 Å². The monoisotopic (exact) mass is 334 g/mol. The van der Waals surface area contributed by atoms with Gasteiger partial charge in [-0.2, -0.15) is 18.4 Å². The molecule has 1 aliphatic rings. The van der Waals surface area contributed by atoms with E-state index in [0.29, 0.717) is 4.90 Å². The molecule has 3 atom stereocenters. The molecule has 1 aromatic carbocycles. The smallest absolute Gasteiger partial charge is 0.416 e. The number of aliphatic hydroxyl groups excluding tert-OH is 1. The highest BCUT2D eigenvalue weighted by Crippen LogP contribution is 2.35. The van der Waals surface area contributed by atoms with Crippen molar-refractivity contribution in [2.24, 2.45) is 0 Å².